The fraction of sp³-hybridized carbons (Fsp3) is 0.556. The maximum absolute atomic E-state index is 12.8. The van der Waals surface area contributed by atoms with Gasteiger partial charge in [0.05, 0.1) is 0 Å². The molecule has 124 valence electrons. The standard InChI is InChI=1S/C18H23ClN2O2/c19-12-16(22)20-18(23)17-15-9-5-4-6-13(15)10-11-21(17)14-7-2-1-3-8-14/h4-6,9,14,17H,1-3,7-8,10-12H2,(H,20,22,23). The number of carbonyl (C=O) groups excluding carboxylic acids is 2. The van der Waals surface area contributed by atoms with Crippen LogP contribution in [0.25, 0.3) is 0 Å². The number of amides is 2. The number of halogens is 1. The van der Waals surface area contributed by atoms with E-state index in [0.717, 1.165) is 31.4 Å². The number of rotatable bonds is 3. The Balaban J connectivity index is 1.89. The van der Waals surface area contributed by atoms with E-state index in [1.54, 1.807) is 0 Å². The molecule has 1 aliphatic carbocycles. The zero-order chi connectivity index (χ0) is 16.2. The number of alkyl halides is 1. The van der Waals surface area contributed by atoms with Crippen LogP contribution in [0.15, 0.2) is 24.3 Å². The SMILES string of the molecule is O=C(CCl)NC(=O)C1c2ccccc2CCN1C1CCCCC1. The van der Waals surface area contributed by atoms with Crippen LogP contribution in [0.4, 0.5) is 0 Å². The highest BCUT2D eigenvalue weighted by Crippen LogP contribution is 2.35. The third-order valence-corrected chi connectivity index (χ3v) is 5.24. The van der Waals surface area contributed by atoms with E-state index in [9.17, 15) is 9.59 Å². The van der Waals surface area contributed by atoms with Gasteiger partial charge in [0.15, 0.2) is 0 Å². The summed E-state index contributed by atoms with van der Waals surface area (Å²) in [7, 11) is 0. The van der Waals surface area contributed by atoms with E-state index in [-0.39, 0.29) is 17.8 Å². The lowest BCUT2D eigenvalue weighted by atomic mass is 9.86. The first-order valence-corrected chi connectivity index (χ1v) is 8.97. The molecule has 0 radical (unpaired) electrons. The lowest BCUT2D eigenvalue weighted by Crippen LogP contribution is -2.50. The minimum atomic E-state index is -0.427. The summed E-state index contributed by atoms with van der Waals surface area (Å²) in [6.07, 6.45) is 6.95. The maximum atomic E-state index is 12.8. The molecule has 0 aromatic heterocycles. The second-order valence-electron chi connectivity index (χ2n) is 6.43. The van der Waals surface area contributed by atoms with Crippen molar-refractivity contribution in [2.45, 2.75) is 50.6 Å². The van der Waals surface area contributed by atoms with Crippen LogP contribution in [0.3, 0.4) is 0 Å². The molecule has 3 rings (SSSR count). The second kappa shape index (κ2) is 7.45. The van der Waals surface area contributed by atoms with Crippen LogP contribution in [-0.2, 0) is 16.0 Å². The Hall–Kier alpha value is -1.39. The summed E-state index contributed by atoms with van der Waals surface area (Å²) in [5, 5.41) is 2.46. The number of fused-ring (bicyclic) bond motifs is 1. The number of carbonyl (C=O) groups is 2. The van der Waals surface area contributed by atoms with Gasteiger partial charge in [0.1, 0.15) is 11.9 Å². The third kappa shape index (κ3) is 3.59. The Labute approximate surface area is 142 Å². The van der Waals surface area contributed by atoms with E-state index in [1.165, 1.54) is 24.8 Å². The highest BCUT2D eigenvalue weighted by Gasteiger charge is 2.37. The molecule has 1 unspecified atom stereocenters. The van der Waals surface area contributed by atoms with E-state index >= 15 is 0 Å². The van der Waals surface area contributed by atoms with Gasteiger partial charge >= 0.3 is 0 Å². The highest BCUT2D eigenvalue weighted by atomic mass is 35.5. The predicted molar refractivity (Wildman–Crippen MR) is 90.3 cm³/mol. The molecule has 1 aromatic carbocycles. The molecule has 1 N–H and O–H groups in total. The predicted octanol–water partition coefficient (Wildman–Crippen LogP) is 2.80. The van der Waals surface area contributed by atoms with Crippen LogP contribution in [-0.4, -0.2) is 35.2 Å². The van der Waals surface area contributed by atoms with Crippen LogP contribution in [0, 0.1) is 0 Å². The maximum Gasteiger partial charge on any atom is 0.248 e. The third-order valence-electron chi connectivity index (χ3n) is 5.00. The van der Waals surface area contributed by atoms with E-state index in [2.05, 4.69) is 16.3 Å². The number of hydrogen-bond acceptors (Lipinski definition) is 3. The van der Waals surface area contributed by atoms with Crippen molar-refractivity contribution in [3.8, 4) is 0 Å². The number of benzene rings is 1. The Morgan fingerprint density at radius 2 is 1.91 bits per heavy atom. The Kier molecular flexibility index (Phi) is 5.34. The summed E-state index contributed by atoms with van der Waals surface area (Å²) in [5.74, 6) is -0.861. The molecule has 2 amide bonds. The number of nitrogens with one attached hydrogen (secondary N) is 1. The molecule has 1 heterocycles. The second-order valence-corrected chi connectivity index (χ2v) is 6.69. The van der Waals surface area contributed by atoms with E-state index in [0.29, 0.717) is 6.04 Å². The molecule has 1 fully saturated rings. The lowest BCUT2D eigenvalue weighted by Gasteiger charge is -2.42. The molecule has 1 aliphatic heterocycles. The summed E-state index contributed by atoms with van der Waals surface area (Å²) in [5.41, 5.74) is 2.24. The minimum Gasteiger partial charge on any atom is -0.294 e. The monoisotopic (exact) mass is 334 g/mol. The van der Waals surface area contributed by atoms with Crippen molar-refractivity contribution in [1.82, 2.24) is 10.2 Å². The fourth-order valence-electron chi connectivity index (χ4n) is 3.92. The fourth-order valence-corrected chi connectivity index (χ4v) is 3.99. The number of imide groups is 1. The van der Waals surface area contributed by atoms with Crippen LogP contribution in [0.5, 0.6) is 0 Å². The van der Waals surface area contributed by atoms with E-state index in [1.807, 2.05) is 18.2 Å². The summed E-state index contributed by atoms with van der Waals surface area (Å²) in [4.78, 5) is 26.6. The Bertz CT molecular complexity index is 584. The summed E-state index contributed by atoms with van der Waals surface area (Å²) in [6, 6.07) is 8.12. The molecule has 1 atom stereocenters. The van der Waals surface area contributed by atoms with Gasteiger partial charge in [-0.25, -0.2) is 0 Å². The summed E-state index contributed by atoms with van der Waals surface area (Å²) in [6.45, 7) is 0.870. The summed E-state index contributed by atoms with van der Waals surface area (Å²) >= 11 is 5.54. The molecule has 1 aromatic rings. The number of hydrogen-bond donors (Lipinski definition) is 1. The van der Waals surface area contributed by atoms with E-state index in [4.69, 9.17) is 11.6 Å². The quantitative estimate of drug-likeness (QED) is 0.865. The first kappa shape index (κ1) is 16.5. The van der Waals surface area contributed by atoms with Gasteiger partial charge in [-0.1, -0.05) is 43.5 Å². The largest absolute Gasteiger partial charge is 0.294 e. The van der Waals surface area contributed by atoms with Crippen molar-refractivity contribution in [2.75, 3.05) is 12.4 Å². The van der Waals surface area contributed by atoms with Gasteiger partial charge in [-0.05, 0) is 30.4 Å². The van der Waals surface area contributed by atoms with Crippen LogP contribution in [0.2, 0.25) is 0 Å². The van der Waals surface area contributed by atoms with Crippen molar-refractivity contribution in [1.29, 1.82) is 0 Å². The van der Waals surface area contributed by atoms with E-state index < -0.39 is 5.91 Å². The molecule has 4 nitrogen and oxygen atoms in total. The molecule has 5 heteroatoms. The van der Waals surface area contributed by atoms with Crippen molar-refractivity contribution in [3.63, 3.8) is 0 Å². The molecule has 0 bridgehead atoms. The molecular weight excluding hydrogens is 312 g/mol. The first-order chi connectivity index (χ1) is 11.2. The average Bonchev–Trinajstić information content (AvgIpc) is 2.61. The average molecular weight is 335 g/mol. The molecule has 2 aliphatic rings. The molecule has 0 spiro atoms. The minimum absolute atomic E-state index is 0.191. The summed E-state index contributed by atoms with van der Waals surface area (Å²) < 4.78 is 0. The Morgan fingerprint density at radius 3 is 2.65 bits per heavy atom. The van der Waals surface area contributed by atoms with Crippen LogP contribution in [0.1, 0.15) is 49.3 Å². The van der Waals surface area contributed by atoms with Crippen LogP contribution < -0.4 is 5.32 Å². The van der Waals surface area contributed by atoms with Gasteiger partial charge in [-0.15, -0.1) is 11.6 Å². The van der Waals surface area contributed by atoms with Gasteiger partial charge in [0.2, 0.25) is 11.8 Å². The zero-order valence-electron chi connectivity index (χ0n) is 13.3. The molecular formula is C18H23ClN2O2. The van der Waals surface area contributed by atoms with Gasteiger partial charge in [0, 0.05) is 12.6 Å². The molecule has 1 saturated carbocycles. The van der Waals surface area contributed by atoms with Crippen molar-refractivity contribution in [3.05, 3.63) is 35.4 Å². The van der Waals surface area contributed by atoms with Gasteiger partial charge in [-0.3, -0.25) is 19.8 Å². The molecule has 23 heavy (non-hydrogen) atoms. The van der Waals surface area contributed by atoms with Gasteiger partial charge in [0.25, 0.3) is 0 Å². The van der Waals surface area contributed by atoms with Crippen LogP contribution >= 0.6 is 11.6 Å². The smallest absolute Gasteiger partial charge is 0.248 e. The zero-order valence-corrected chi connectivity index (χ0v) is 14.0. The normalized spacial score (nSPS) is 22.4. The number of nitrogens with zero attached hydrogens (tertiary/aromatic N) is 1. The van der Waals surface area contributed by atoms with Gasteiger partial charge < -0.3 is 0 Å². The first-order valence-electron chi connectivity index (χ1n) is 8.44. The van der Waals surface area contributed by atoms with Gasteiger partial charge in [-0.2, -0.15) is 0 Å². The lowest BCUT2D eigenvalue weighted by molar-refractivity contribution is -0.134. The molecule has 0 saturated heterocycles. The van der Waals surface area contributed by atoms with Crippen molar-refractivity contribution < 1.29 is 9.59 Å². The topological polar surface area (TPSA) is 49.4 Å². The Morgan fingerprint density at radius 1 is 1.17 bits per heavy atom. The van der Waals surface area contributed by atoms with Crippen molar-refractivity contribution >= 4 is 23.4 Å². The highest BCUT2D eigenvalue weighted by molar-refractivity contribution is 6.28. The van der Waals surface area contributed by atoms with Crippen molar-refractivity contribution in [2.24, 2.45) is 0 Å².